The maximum Gasteiger partial charge on any atom is 0.255 e. The lowest BCUT2D eigenvalue weighted by atomic mass is 10.1. The number of rotatable bonds is 8. The Labute approximate surface area is 201 Å². The van der Waals surface area contributed by atoms with Gasteiger partial charge in [0.15, 0.2) is 10.8 Å². The second-order valence-electron chi connectivity index (χ2n) is 7.11. The van der Waals surface area contributed by atoms with E-state index >= 15 is 0 Å². The molecule has 7 nitrogen and oxygen atoms in total. The summed E-state index contributed by atoms with van der Waals surface area (Å²) in [6.45, 7) is 3.55. The number of hydrogen-bond acceptors (Lipinski definition) is 7. The van der Waals surface area contributed by atoms with E-state index < -0.39 is 0 Å². The third-order valence-corrected chi connectivity index (χ3v) is 6.26. The first-order valence-corrected chi connectivity index (χ1v) is 11.5. The number of amides is 1. The fraction of sp³-hybridized carbons (Fsp3) is 0.167. The molecule has 0 spiro atoms. The molecule has 9 heteroatoms. The molecule has 2 heterocycles. The molecule has 0 fully saturated rings. The molecular formula is C24H22ClN5O2S. The van der Waals surface area contributed by atoms with E-state index in [0.29, 0.717) is 33.6 Å². The van der Waals surface area contributed by atoms with Crippen LogP contribution in [0.15, 0.2) is 67.0 Å². The summed E-state index contributed by atoms with van der Waals surface area (Å²) < 4.78 is 5.66. The summed E-state index contributed by atoms with van der Waals surface area (Å²) in [7, 11) is 1.57. The van der Waals surface area contributed by atoms with Crippen molar-refractivity contribution < 1.29 is 9.53 Å². The number of nitrogens with zero attached hydrogens (tertiary/aromatic N) is 4. The van der Waals surface area contributed by atoms with Crippen molar-refractivity contribution in [1.82, 2.24) is 15.2 Å². The number of aromatic nitrogens is 3. The van der Waals surface area contributed by atoms with Gasteiger partial charge in [0, 0.05) is 36.1 Å². The molecule has 4 aromatic rings. The third kappa shape index (κ3) is 5.30. The van der Waals surface area contributed by atoms with E-state index in [4.69, 9.17) is 16.3 Å². The van der Waals surface area contributed by atoms with E-state index in [9.17, 15) is 4.79 Å². The van der Waals surface area contributed by atoms with Crippen LogP contribution in [0.5, 0.6) is 5.75 Å². The second-order valence-corrected chi connectivity index (χ2v) is 8.50. The van der Waals surface area contributed by atoms with Crippen molar-refractivity contribution in [2.24, 2.45) is 0 Å². The van der Waals surface area contributed by atoms with Crippen molar-refractivity contribution in [2.45, 2.75) is 13.5 Å². The number of anilines is 2. The predicted octanol–water partition coefficient (Wildman–Crippen LogP) is 5.54. The van der Waals surface area contributed by atoms with Gasteiger partial charge in [-0.2, -0.15) is 0 Å². The van der Waals surface area contributed by atoms with E-state index in [1.165, 1.54) is 11.3 Å². The monoisotopic (exact) mass is 479 g/mol. The lowest BCUT2D eigenvalue weighted by Gasteiger charge is -2.19. The average molecular weight is 480 g/mol. The van der Waals surface area contributed by atoms with Gasteiger partial charge in [0.2, 0.25) is 5.13 Å². The van der Waals surface area contributed by atoms with Crippen LogP contribution in [0.1, 0.15) is 22.8 Å². The van der Waals surface area contributed by atoms with Crippen molar-refractivity contribution in [3.63, 3.8) is 0 Å². The first-order chi connectivity index (χ1) is 16.1. The van der Waals surface area contributed by atoms with E-state index in [2.05, 4.69) is 32.3 Å². The molecule has 0 atom stereocenters. The molecule has 1 N–H and O–H groups in total. The molecule has 1 amide bonds. The molecule has 0 aliphatic carbocycles. The van der Waals surface area contributed by atoms with E-state index in [0.717, 1.165) is 22.8 Å². The van der Waals surface area contributed by atoms with Gasteiger partial charge in [0.1, 0.15) is 0 Å². The lowest BCUT2D eigenvalue weighted by Crippen LogP contribution is -2.21. The molecule has 2 aromatic carbocycles. The molecule has 0 aliphatic rings. The van der Waals surface area contributed by atoms with Crippen LogP contribution < -0.4 is 15.0 Å². The molecule has 2 aromatic heterocycles. The van der Waals surface area contributed by atoms with Crippen molar-refractivity contribution in [3.05, 3.63) is 83.1 Å². The van der Waals surface area contributed by atoms with Crippen LogP contribution in [-0.2, 0) is 6.54 Å². The van der Waals surface area contributed by atoms with E-state index in [-0.39, 0.29) is 5.91 Å². The van der Waals surface area contributed by atoms with Gasteiger partial charge in [0.25, 0.3) is 5.91 Å². The van der Waals surface area contributed by atoms with Crippen LogP contribution in [0.2, 0.25) is 5.02 Å². The van der Waals surface area contributed by atoms with Crippen LogP contribution in [0, 0.1) is 0 Å². The van der Waals surface area contributed by atoms with Gasteiger partial charge < -0.3 is 15.0 Å². The molecule has 168 valence electrons. The van der Waals surface area contributed by atoms with Gasteiger partial charge in [-0.3, -0.25) is 9.78 Å². The van der Waals surface area contributed by atoms with Crippen molar-refractivity contribution in [1.29, 1.82) is 0 Å². The van der Waals surface area contributed by atoms with Crippen LogP contribution in [-0.4, -0.2) is 34.7 Å². The Balaban J connectivity index is 1.58. The summed E-state index contributed by atoms with van der Waals surface area (Å²) >= 11 is 7.47. The number of nitrogens with one attached hydrogen (secondary N) is 1. The van der Waals surface area contributed by atoms with Gasteiger partial charge in [-0.15, -0.1) is 10.2 Å². The molecule has 0 saturated heterocycles. The lowest BCUT2D eigenvalue weighted by molar-refractivity contribution is 0.102. The molecule has 0 aliphatic heterocycles. The Morgan fingerprint density at radius 2 is 1.85 bits per heavy atom. The zero-order valence-corrected chi connectivity index (χ0v) is 19.7. The number of hydrogen-bond donors (Lipinski definition) is 1. The number of ether oxygens (including phenoxy) is 1. The summed E-state index contributed by atoms with van der Waals surface area (Å²) in [6, 6.07) is 16.6. The van der Waals surface area contributed by atoms with Gasteiger partial charge in [-0.05, 0) is 48.9 Å². The van der Waals surface area contributed by atoms with Crippen LogP contribution in [0.3, 0.4) is 0 Å². The summed E-state index contributed by atoms with van der Waals surface area (Å²) in [4.78, 5) is 18.7. The number of methoxy groups -OCH3 is 1. The summed E-state index contributed by atoms with van der Waals surface area (Å²) in [5.74, 6) is 0.286. The maximum atomic E-state index is 12.6. The Morgan fingerprint density at radius 1 is 1.09 bits per heavy atom. The van der Waals surface area contributed by atoms with Gasteiger partial charge in [-0.1, -0.05) is 41.1 Å². The van der Waals surface area contributed by atoms with Gasteiger partial charge in [0.05, 0.1) is 18.4 Å². The topological polar surface area (TPSA) is 80.2 Å². The summed E-state index contributed by atoms with van der Waals surface area (Å²) in [5, 5.41) is 13.9. The molecule has 0 unspecified atom stereocenters. The number of pyridine rings is 1. The summed E-state index contributed by atoms with van der Waals surface area (Å²) in [5.41, 5.74) is 2.96. The minimum Gasteiger partial charge on any atom is -0.494 e. The maximum absolute atomic E-state index is 12.6. The SMILES string of the molecule is CCN(Cc1ccc(Cl)cc1)c1nnc(-c2cccc(NC(=O)c3ccncc3)c2OC)s1. The predicted molar refractivity (Wildman–Crippen MR) is 132 cm³/mol. The Morgan fingerprint density at radius 3 is 2.55 bits per heavy atom. The highest BCUT2D eigenvalue weighted by Gasteiger charge is 2.19. The molecule has 33 heavy (non-hydrogen) atoms. The zero-order valence-electron chi connectivity index (χ0n) is 18.2. The minimum atomic E-state index is -0.245. The fourth-order valence-corrected chi connectivity index (χ4v) is 4.35. The second kappa shape index (κ2) is 10.4. The highest BCUT2D eigenvalue weighted by molar-refractivity contribution is 7.18. The molecule has 0 bridgehead atoms. The van der Waals surface area contributed by atoms with Crippen molar-refractivity contribution >= 4 is 39.7 Å². The first-order valence-electron chi connectivity index (χ1n) is 10.3. The third-order valence-electron chi connectivity index (χ3n) is 4.99. The van der Waals surface area contributed by atoms with Crippen LogP contribution in [0.4, 0.5) is 10.8 Å². The Kier molecular flexibility index (Phi) is 7.16. The average Bonchev–Trinajstić information content (AvgIpc) is 3.34. The van der Waals surface area contributed by atoms with Gasteiger partial charge >= 0.3 is 0 Å². The fourth-order valence-electron chi connectivity index (χ4n) is 3.30. The number of carbonyl (C=O) groups excluding carboxylic acids is 1. The number of benzene rings is 2. The van der Waals surface area contributed by atoms with Gasteiger partial charge in [-0.25, -0.2) is 0 Å². The summed E-state index contributed by atoms with van der Waals surface area (Å²) in [6.07, 6.45) is 3.16. The highest BCUT2D eigenvalue weighted by Crippen LogP contribution is 2.39. The Hall–Kier alpha value is -3.49. The normalized spacial score (nSPS) is 10.6. The quantitative estimate of drug-likeness (QED) is 0.357. The minimum absolute atomic E-state index is 0.245. The largest absolute Gasteiger partial charge is 0.494 e. The first kappa shape index (κ1) is 22.7. The molecule has 0 saturated carbocycles. The van der Waals surface area contributed by atoms with E-state index in [1.54, 1.807) is 37.7 Å². The molecule has 0 radical (unpaired) electrons. The standard InChI is InChI=1S/C24H22ClN5O2S/c1-3-30(15-16-7-9-18(25)10-8-16)24-29-28-23(33-24)19-5-4-6-20(21(19)32-2)27-22(31)17-11-13-26-14-12-17/h4-14H,3,15H2,1-2H3,(H,27,31). The van der Waals surface area contributed by atoms with E-state index in [1.807, 2.05) is 36.4 Å². The molecule has 4 rings (SSSR count). The van der Waals surface area contributed by atoms with Crippen molar-refractivity contribution in [2.75, 3.05) is 23.9 Å². The van der Waals surface area contributed by atoms with Crippen molar-refractivity contribution in [3.8, 4) is 16.3 Å². The number of halogens is 1. The highest BCUT2D eigenvalue weighted by atomic mass is 35.5. The smallest absolute Gasteiger partial charge is 0.255 e. The number of carbonyl (C=O) groups is 1. The number of para-hydroxylation sites is 1. The van der Waals surface area contributed by atoms with Crippen LogP contribution >= 0.6 is 22.9 Å². The zero-order chi connectivity index (χ0) is 23.2. The van der Waals surface area contributed by atoms with Crippen LogP contribution in [0.25, 0.3) is 10.6 Å². The Bertz CT molecular complexity index is 1230. The molecular weight excluding hydrogens is 458 g/mol.